The predicted molar refractivity (Wildman–Crippen MR) is 102 cm³/mol. The zero-order chi connectivity index (χ0) is 22.0. The van der Waals surface area contributed by atoms with Crippen LogP contribution in [0.15, 0.2) is 0 Å². The fourth-order valence-corrected chi connectivity index (χ4v) is 2.27. The first-order valence-electron chi connectivity index (χ1n) is 10.1. The molecule has 1 aliphatic heterocycles. The summed E-state index contributed by atoms with van der Waals surface area (Å²) in [7, 11) is 0. The molecule has 1 amide bonds. The van der Waals surface area contributed by atoms with Crippen molar-refractivity contribution < 1.29 is 48.0 Å². The lowest BCUT2D eigenvalue weighted by molar-refractivity contribution is -0.221. The van der Waals surface area contributed by atoms with Crippen molar-refractivity contribution in [3.8, 4) is 0 Å². The SMILES string of the molecule is CC(=O)CCOCCOCCOCCOCCOCCC(=O)ON1C(=O)CC[C@H]1O. The highest BCUT2D eigenvalue weighted by atomic mass is 16.7. The normalized spacial score (nSPS) is 16.3. The number of ether oxygens (including phenoxy) is 5. The molecule has 0 saturated carbocycles. The maximum atomic E-state index is 11.6. The van der Waals surface area contributed by atoms with Gasteiger partial charge in [-0.15, -0.1) is 5.06 Å². The van der Waals surface area contributed by atoms with E-state index in [4.69, 9.17) is 28.5 Å². The average Bonchev–Trinajstić information content (AvgIpc) is 3.02. The number of amides is 1. The van der Waals surface area contributed by atoms with Crippen LogP contribution in [0, 0.1) is 0 Å². The molecule has 11 nitrogen and oxygen atoms in total. The van der Waals surface area contributed by atoms with E-state index in [1.165, 1.54) is 6.92 Å². The van der Waals surface area contributed by atoms with E-state index in [-0.39, 0.29) is 31.7 Å². The fraction of sp³-hybridized carbons (Fsp3) is 0.842. The zero-order valence-electron chi connectivity index (χ0n) is 17.5. The van der Waals surface area contributed by atoms with E-state index in [1.807, 2.05) is 0 Å². The topological polar surface area (TPSA) is 130 Å². The molecule has 0 unspecified atom stereocenters. The summed E-state index contributed by atoms with van der Waals surface area (Å²) in [5, 5.41) is 10.2. The Labute approximate surface area is 176 Å². The minimum absolute atomic E-state index is 0.0264. The summed E-state index contributed by atoms with van der Waals surface area (Å²) in [5.41, 5.74) is 0. The first-order valence-corrected chi connectivity index (χ1v) is 10.1. The molecule has 0 aliphatic carbocycles. The molecule has 11 heteroatoms. The van der Waals surface area contributed by atoms with Crippen molar-refractivity contribution in [3.63, 3.8) is 0 Å². The lowest BCUT2D eigenvalue weighted by Gasteiger charge is -2.18. The van der Waals surface area contributed by atoms with Crippen molar-refractivity contribution in [2.24, 2.45) is 0 Å². The average molecular weight is 435 g/mol. The summed E-state index contributed by atoms with van der Waals surface area (Å²) in [5.74, 6) is -0.937. The minimum Gasteiger partial charge on any atom is -0.379 e. The van der Waals surface area contributed by atoms with E-state index in [2.05, 4.69) is 0 Å². The smallest absolute Gasteiger partial charge is 0.334 e. The van der Waals surface area contributed by atoms with Crippen LogP contribution >= 0.6 is 0 Å². The highest BCUT2D eigenvalue weighted by molar-refractivity contribution is 5.79. The van der Waals surface area contributed by atoms with Gasteiger partial charge in [0.2, 0.25) is 0 Å². The molecule has 0 aromatic heterocycles. The highest BCUT2D eigenvalue weighted by Crippen LogP contribution is 2.16. The van der Waals surface area contributed by atoms with Crippen molar-refractivity contribution >= 4 is 17.7 Å². The third kappa shape index (κ3) is 13.6. The molecule has 1 N–H and O–H groups in total. The van der Waals surface area contributed by atoms with Crippen LogP contribution in [0.1, 0.15) is 32.6 Å². The van der Waals surface area contributed by atoms with Gasteiger partial charge in [0.25, 0.3) is 5.91 Å². The Morgan fingerprint density at radius 3 is 1.67 bits per heavy atom. The van der Waals surface area contributed by atoms with Gasteiger partial charge >= 0.3 is 5.97 Å². The van der Waals surface area contributed by atoms with Crippen LogP contribution in [-0.2, 0) is 42.9 Å². The second-order valence-electron chi connectivity index (χ2n) is 6.47. The number of carbonyl (C=O) groups is 3. The molecule has 1 heterocycles. The van der Waals surface area contributed by atoms with Gasteiger partial charge in [-0.1, -0.05) is 0 Å². The number of aliphatic hydroxyl groups is 1. The molecule has 1 rings (SSSR count). The number of hydroxylamine groups is 2. The Balaban J connectivity index is 1.77. The quantitative estimate of drug-likeness (QED) is 0.273. The van der Waals surface area contributed by atoms with E-state index in [1.54, 1.807) is 0 Å². The van der Waals surface area contributed by atoms with Crippen LogP contribution < -0.4 is 0 Å². The molecule has 1 fully saturated rings. The van der Waals surface area contributed by atoms with Gasteiger partial charge in [-0.3, -0.25) is 9.59 Å². The van der Waals surface area contributed by atoms with Crippen LogP contribution in [-0.4, -0.2) is 100 Å². The molecule has 0 bridgehead atoms. The third-order valence-electron chi connectivity index (χ3n) is 3.87. The lowest BCUT2D eigenvalue weighted by atomic mass is 10.3. The van der Waals surface area contributed by atoms with Crippen molar-refractivity contribution in [1.82, 2.24) is 5.06 Å². The largest absolute Gasteiger partial charge is 0.379 e. The van der Waals surface area contributed by atoms with Gasteiger partial charge in [0.1, 0.15) is 5.78 Å². The Kier molecular flexibility index (Phi) is 15.0. The standard InChI is InChI=1S/C19H33NO10/c1-16(21)4-6-25-8-10-27-12-14-29-15-13-28-11-9-26-7-5-19(24)30-20-17(22)2-3-18(20)23/h17,22H,2-15H2,1H3/t17-/m1/s1. The molecular formula is C19H33NO10. The van der Waals surface area contributed by atoms with Crippen molar-refractivity contribution in [2.75, 3.05) is 66.1 Å². The summed E-state index contributed by atoms with van der Waals surface area (Å²) in [6.45, 7) is 5.40. The minimum atomic E-state index is -1.07. The second-order valence-corrected chi connectivity index (χ2v) is 6.47. The molecule has 1 saturated heterocycles. The van der Waals surface area contributed by atoms with Crippen LogP contribution in [0.3, 0.4) is 0 Å². The van der Waals surface area contributed by atoms with Gasteiger partial charge < -0.3 is 33.6 Å². The number of ketones is 1. The first-order chi connectivity index (χ1) is 14.5. The number of hydrogen-bond donors (Lipinski definition) is 1. The van der Waals surface area contributed by atoms with Gasteiger partial charge in [0.15, 0.2) is 6.23 Å². The first kappa shape index (κ1) is 26.4. The Bertz CT molecular complexity index is 502. The summed E-state index contributed by atoms with van der Waals surface area (Å²) >= 11 is 0. The molecule has 174 valence electrons. The molecule has 0 radical (unpaired) electrons. The number of hydrogen-bond acceptors (Lipinski definition) is 10. The van der Waals surface area contributed by atoms with Crippen LogP contribution in [0.5, 0.6) is 0 Å². The van der Waals surface area contributed by atoms with Crippen LogP contribution in [0.2, 0.25) is 0 Å². The van der Waals surface area contributed by atoms with Crippen molar-refractivity contribution in [3.05, 3.63) is 0 Å². The van der Waals surface area contributed by atoms with Gasteiger partial charge in [0, 0.05) is 19.3 Å². The summed E-state index contributed by atoms with van der Waals surface area (Å²) in [6.07, 6.45) is -0.248. The summed E-state index contributed by atoms with van der Waals surface area (Å²) in [4.78, 5) is 38.5. The van der Waals surface area contributed by atoms with Gasteiger partial charge in [-0.25, -0.2) is 4.79 Å². The molecule has 0 aromatic carbocycles. The predicted octanol–water partition coefficient (Wildman–Crippen LogP) is -0.162. The van der Waals surface area contributed by atoms with Crippen LogP contribution in [0.25, 0.3) is 0 Å². The highest BCUT2D eigenvalue weighted by Gasteiger charge is 2.32. The Hall–Kier alpha value is -1.63. The number of Topliss-reactive ketones (excluding diaryl/α,β-unsaturated/α-hetero) is 1. The van der Waals surface area contributed by atoms with Crippen molar-refractivity contribution in [2.45, 2.75) is 38.8 Å². The summed E-state index contributed by atoms with van der Waals surface area (Å²) < 4.78 is 26.5. The van der Waals surface area contributed by atoms with Gasteiger partial charge in [-0.2, -0.15) is 0 Å². The zero-order valence-corrected chi connectivity index (χ0v) is 17.5. The van der Waals surface area contributed by atoms with Gasteiger partial charge in [0.05, 0.1) is 72.5 Å². The van der Waals surface area contributed by atoms with E-state index in [0.717, 1.165) is 0 Å². The van der Waals surface area contributed by atoms with E-state index in [0.29, 0.717) is 70.9 Å². The molecule has 0 spiro atoms. The second kappa shape index (κ2) is 17.1. The molecule has 1 atom stereocenters. The Morgan fingerprint density at radius 1 is 0.833 bits per heavy atom. The van der Waals surface area contributed by atoms with E-state index < -0.39 is 18.1 Å². The number of nitrogens with zero attached hydrogens (tertiary/aromatic N) is 1. The van der Waals surface area contributed by atoms with Crippen LogP contribution in [0.4, 0.5) is 0 Å². The van der Waals surface area contributed by atoms with Gasteiger partial charge in [-0.05, 0) is 6.92 Å². The third-order valence-corrected chi connectivity index (χ3v) is 3.87. The molecule has 1 aliphatic rings. The molecule has 30 heavy (non-hydrogen) atoms. The number of carbonyl (C=O) groups excluding carboxylic acids is 3. The molecular weight excluding hydrogens is 402 g/mol. The Morgan fingerprint density at radius 2 is 1.27 bits per heavy atom. The monoisotopic (exact) mass is 435 g/mol. The maximum Gasteiger partial charge on any atom is 0.334 e. The lowest BCUT2D eigenvalue weighted by Crippen LogP contribution is -2.35. The number of aliphatic hydroxyl groups excluding tert-OH is 1. The summed E-state index contributed by atoms with van der Waals surface area (Å²) in [6, 6.07) is 0. The number of rotatable bonds is 19. The van der Waals surface area contributed by atoms with Crippen molar-refractivity contribution in [1.29, 1.82) is 0 Å². The van der Waals surface area contributed by atoms with E-state index >= 15 is 0 Å². The maximum absolute atomic E-state index is 11.6. The van der Waals surface area contributed by atoms with E-state index in [9.17, 15) is 19.5 Å². The fourth-order valence-electron chi connectivity index (χ4n) is 2.27. The molecule has 0 aromatic rings.